The summed E-state index contributed by atoms with van der Waals surface area (Å²) >= 11 is 1.43. The predicted octanol–water partition coefficient (Wildman–Crippen LogP) is 3.61. The van der Waals surface area contributed by atoms with Gasteiger partial charge in [-0.1, -0.05) is 17.4 Å². The lowest BCUT2D eigenvalue weighted by atomic mass is 10.1. The summed E-state index contributed by atoms with van der Waals surface area (Å²) in [5, 5.41) is 3.41. The number of nitrogens with one attached hydrogen (secondary N) is 1. The van der Waals surface area contributed by atoms with Gasteiger partial charge in [-0.25, -0.2) is 4.98 Å². The Morgan fingerprint density at radius 3 is 2.79 bits per heavy atom. The van der Waals surface area contributed by atoms with Crippen LogP contribution in [0.4, 0.5) is 10.8 Å². The minimum atomic E-state index is -0.466. The van der Waals surface area contributed by atoms with Crippen LogP contribution < -0.4 is 19.7 Å². The van der Waals surface area contributed by atoms with Crippen LogP contribution >= 0.6 is 11.3 Å². The van der Waals surface area contributed by atoms with Crippen LogP contribution in [0.2, 0.25) is 0 Å². The number of carbonyl (C=O) groups is 2. The van der Waals surface area contributed by atoms with Crippen LogP contribution in [0, 0.1) is 12.8 Å². The van der Waals surface area contributed by atoms with Gasteiger partial charge in [0.05, 0.1) is 36.0 Å². The first-order valence-electron chi connectivity index (χ1n) is 9.19. The zero-order valence-electron chi connectivity index (χ0n) is 16.4. The van der Waals surface area contributed by atoms with Crippen LogP contribution in [0.25, 0.3) is 10.2 Å². The Balaban J connectivity index is 1.52. The van der Waals surface area contributed by atoms with E-state index in [0.717, 1.165) is 15.8 Å². The van der Waals surface area contributed by atoms with Crippen molar-refractivity contribution in [3.05, 3.63) is 42.0 Å². The third kappa shape index (κ3) is 3.75. The molecule has 8 heteroatoms. The normalized spacial score (nSPS) is 16.3. The molecule has 0 aliphatic carbocycles. The van der Waals surface area contributed by atoms with Crippen LogP contribution in [-0.2, 0) is 9.59 Å². The molecule has 1 saturated heterocycles. The number of methoxy groups -OCH3 is 2. The van der Waals surface area contributed by atoms with Gasteiger partial charge in [0.2, 0.25) is 11.8 Å². The minimum Gasteiger partial charge on any atom is -0.497 e. The number of amides is 2. The smallest absolute Gasteiger partial charge is 0.231 e. The van der Waals surface area contributed by atoms with Gasteiger partial charge in [0.15, 0.2) is 5.13 Å². The van der Waals surface area contributed by atoms with E-state index >= 15 is 0 Å². The molecule has 2 amide bonds. The molecule has 7 nitrogen and oxygen atoms in total. The summed E-state index contributed by atoms with van der Waals surface area (Å²) in [7, 11) is 3.11. The number of anilines is 2. The maximum Gasteiger partial charge on any atom is 0.231 e. The van der Waals surface area contributed by atoms with Crippen molar-refractivity contribution in [3.63, 3.8) is 0 Å². The number of ether oxygens (including phenoxy) is 2. The Hall–Kier alpha value is -3.13. The standard InChI is InChI=1S/C21H21N3O4S/c1-12-4-6-15-18(8-12)29-21(22-15)23-20(26)13-9-19(25)24(11-13)16-10-14(27-2)5-7-17(16)28-3/h4-8,10,13H,9,11H2,1-3H3,(H,22,23,26)/t13-/m1/s1. The van der Waals surface area contributed by atoms with Gasteiger partial charge in [-0.05, 0) is 36.8 Å². The maximum absolute atomic E-state index is 12.8. The second-order valence-corrected chi connectivity index (χ2v) is 7.95. The lowest BCUT2D eigenvalue weighted by molar-refractivity contribution is -0.122. The Bertz CT molecular complexity index is 1090. The summed E-state index contributed by atoms with van der Waals surface area (Å²) in [6.07, 6.45) is 0.135. The highest BCUT2D eigenvalue weighted by Gasteiger charge is 2.36. The molecule has 1 aliphatic rings. The largest absolute Gasteiger partial charge is 0.497 e. The zero-order valence-corrected chi connectivity index (χ0v) is 17.2. The highest BCUT2D eigenvalue weighted by molar-refractivity contribution is 7.22. The van der Waals surface area contributed by atoms with E-state index in [4.69, 9.17) is 9.47 Å². The van der Waals surface area contributed by atoms with Gasteiger partial charge in [-0.3, -0.25) is 9.59 Å². The number of hydrogen-bond donors (Lipinski definition) is 1. The van der Waals surface area contributed by atoms with E-state index in [2.05, 4.69) is 10.3 Å². The van der Waals surface area contributed by atoms with Gasteiger partial charge in [0.25, 0.3) is 0 Å². The number of benzene rings is 2. The average Bonchev–Trinajstić information content (AvgIpc) is 3.29. The third-order valence-electron chi connectivity index (χ3n) is 4.95. The number of fused-ring (bicyclic) bond motifs is 1. The molecule has 0 spiro atoms. The van der Waals surface area contributed by atoms with Crippen LogP contribution in [0.3, 0.4) is 0 Å². The topological polar surface area (TPSA) is 80.8 Å². The van der Waals surface area contributed by atoms with Gasteiger partial charge in [0, 0.05) is 19.0 Å². The Labute approximate surface area is 172 Å². The predicted molar refractivity (Wildman–Crippen MR) is 113 cm³/mol. The summed E-state index contributed by atoms with van der Waals surface area (Å²) in [6, 6.07) is 11.2. The molecule has 1 fully saturated rings. The molecule has 0 bridgehead atoms. The van der Waals surface area contributed by atoms with Gasteiger partial charge in [0.1, 0.15) is 11.5 Å². The second-order valence-electron chi connectivity index (χ2n) is 6.92. The molecule has 1 aliphatic heterocycles. The van der Waals surface area contributed by atoms with Crippen LogP contribution in [0.5, 0.6) is 11.5 Å². The first-order chi connectivity index (χ1) is 14.0. The molecule has 4 rings (SSSR count). The molecular weight excluding hydrogens is 390 g/mol. The van der Waals surface area contributed by atoms with Crippen molar-refractivity contribution in [3.8, 4) is 11.5 Å². The van der Waals surface area contributed by atoms with E-state index < -0.39 is 5.92 Å². The fourth-order valence-electron chi connectivity index (χ4n) is 3.42. The molecule has 3 aromatic rings. The van der Waals surface area contributed by atoms with Crippen molar-refractivity contribution in [2.45, 2.75) is 13.3 Å². The summed E-state index contributed by atoms with van der Waals surface area (Å²) in [6.45, 7) is 2.29. The van der Waals surface area contributed by atoms with Crippen molar-refractivity contribution in [1.82, 2.24) is 4.98 Å². The number of aromatic nitrogens is 1. The highest BCUT2D eigenvalue weighted by Crippen LogP contribution is 2.36. The van der Waals surface area contributed by atoms with Crippen molar-refractivity contribution < 1.29 is 19.1 Å². The van der Waals surface area contributed by atoms with Crippen molar-refractivity contribution >= 4 is 44.2 Å². The van der Waals surface area contributed by atoms with Crippen LogP contribution in [0.1, 0.15) is 12.0 Å². The summed E-state index contributed by atoms with van der Waals surface area (Å²) in [5.74, 6) is 0.371. The molecule has 29 heavy (non-hydrogen) atoms. The van der Waals surface area contributed by atoms with Crippen LogP contribution in [-0.4, -0.2) is 37.6 Å². The Morgan fingerprint density at radius 1 is 1.21 bits per heavy atom. The van der Waals surface area contributed by atoms with Crippen molar-refractivity contribution in [2.75, 3.05) is 31.0 Å². The molecule has 1 aromatic heterocycles. The molecule has 0 radical (unpaired) electrons. The average molecular weight is 411 g/mol. The van der Waals surface area contributed by atoms with Crippen molar-refractivity contribution in [2.24, 2.45) is 5.92 Å². The zero-order chi connectivity index (χ0) is 20.5. The maximum atomic E-state index is 12.8. The molecule has 150 valence electrons. The van der Waals surface area contributed by atoms with Crippen LogP contribution in [0.15, 0.2) is 36.4 Å². The van der Waals surface area contributed by atoms with E-state index in [-0.39, 0.29) is 24.8 Å². The summed E-state index contributed by atoms with van der Waals surface area (Å²) < 4.78 is 11.7. The van der Waals surface area contributed by atoms with E-state index in [1.807, 2.05) is 25.1 Å². The fourth-order valence-corrected chi connectivity index (χ4v) is 4.38. The van der Waals surface area contributed by atoms with Gasteiger partial charge in [-0.2, -0.15) is 0 Å². The quantitative estimate of drug-likeness (QED) is 0.694. The van der Waals surface area contributed by atoms with Gasteiger partial charge >= 0.3 is 0 Å². The number of thiazole rings is 1. The first kappa shape index (κ1) is 19.2. The second kappa shape index (κ2) is 7.71. The SMILES string of the molecule is COc1ccc(OC)c(N2C[C@H](C(=O)Nc3nc4ccc(C)cc4s3)CC2=O)c1. The van der Waals surface area contributed by atoms with E-state index in [9.17, 15) is 9.59 Å². The van der Waals surface area contributed by atoms with Gasteiger partial charge < -0.3 is 19.7 Å². The number of aryl methyl sites for hydroxylation is 1. The van der Waals surface area contributed by atoms with Gasteiger partial charge in [-0.15, -0.1) is 0 Å². The number of nitrogens with zero attached hydrogens (tertiary/aromatic N) is 2. The van der Waals surface area contributed by atoms with E-state index in [0.29, 0.717) is 22.3 Å². The Morgan fingerprint density at radius 2 is 2.03 bits per heavy atom. The number of hydrogen-bond acceptors (Lipinski definition) is 6. The van der Waals surface area contributed by atoms with E-state index in [1.165, 1.54) is 11.3 Å². The summed E-state index contributed by atoms with van der Waals surface area (Å²) in [5.41, 5.74) is 2.59. The van der Waals surface area contributed by atoms with Crippen molar-refractivity contribution in [1.29, 1.82) is 0 Å². The molecule has 1 N–H and O–H groups in total. The molecule has 2 heterocycles. The minimum absolute atomic E-state index is 0.128. The molecule has 1 atom stereocenters. The first-order valence-corrected chi connectivity index (χ1v) is 10.0. The number of carbonyl (C=O) groups excluding carboxylic acids is 2. The highest BCUT2D eigenvalue weighted by atomic mass is 32.1. The third-order valence-corrected chi connectivity index (χ3v) is 5.88. The lowest BCUT2D eigenvalue weighted by Crippen LogP contribution is -2.28. The Kier molecular flexibility index (Phi) is 5.10. The fraction of sp³-hybridized carbons (Fsp3) is 0.286. The number of rotatable bonds is 5. The molecule has 0 saturated carbocycles. The molecular formula is C21H21N3O4S. The molecule has 2 aromatic carbocycles. The lowest BCUT2D eigenvalue weighted by Gasteiger charge is -2.20. The summed E-state index contributed by atoms with van der Waals surface area (Å²) in [4.78, 5) is 31.4. The molecule has 0 unspecified atom stereocenters. The van der Waals surface area contributed by atoms with E-state index in [1.54, 1.807) is 37.3 Å². The monoisotopic (exact) mass is 411 g/mol.